The molecule has 6 heteroatoms. The highest BCUT2D eigenvalue weighted by molar-refractivity contribution is 5.92. The molecule has 1 aliphatic heterocycles. The Hall–Kier alpha value is -2.73. The van der Waals surface area contributed by atoms with Crippen molar-refractivity contribution in [2.45, 2.75) is 25.8 Å². The molecule has 0 unspecified atom stereocenters. The summed E-state index contributed by atoms with van der Waals surface area (Å²) in [5.74, 6) is -0.344. The monoisotopic (exact) mass is 383 g/mol. The molecule has 0 saturated carbocycles. The average Bonchev–Trinajstić information content (AvgIpc) is 2.69. The average molecular weight is 383 g/mol. The summed E-state index contributed by atoms with van der Waals surface area (Å²) < 4.78 is 13.0. The third-order valence-corrected chi connectivity index (χ3v) is 5.11. The maximum Gasteiger partial charge on any atom is 0.234 e. The fourth-order valence-corrected chi connectivity index (χ4v) is 3.44. The lowest BCUT2D eigenvalue weighted by atomic mass is 9.95. The van der Waals surface area contributed by atoms with Crippen molar-refractivity contribution in [3.8, 4) is 0 Å². The minimum Gasteiger partial charge on any atom is -0.348 e. The highest BCUT2D eigenvalue weighted by Gasteiger charge is 2.26. The van der Waals surface area contributed by atoms with E-state index in [2.05, 4.69) is 15.5 Å². The summed E-state index contributed by atoms with van der Waals surface area (Å²) in [6.45, 7) is 3.61. The summed E-state index contributed by atoms with van der Waals surface area (Å²) in [5.41, 5.74) is 1.68. The lowest BCUT2D eigenvalue weighted by Gasteiger charge is -2.31. The van der Waals surface area contributed by atoms with E-state index in [-0.39, 0.29) is 29.6 Å². The van der Waals surface area contributed by atoms with Gasteiger partial charge in [0.05, 0.1) is 12.6 Å². The molecule has 0 bridgehead atoms. The zero-order valence-corrected chi connectivity index (χ0v) is 16.0. The lowest BCUT2D eigenvalue weighted by Crippen LogP contribution is -2.43. The number of amides is 2. The van der Waals surface area contributed by atoms with Gasteiger partial charge in [-0.05, 0) is 62.7 Å². The maximum atomic E-state index is 13.0. The predicted molar refractivity (Wildman–Crippen MR) is 107 cm³/mol. The van der Waals surface area contributed by atoms with E-state index < -0.39 is 0 Å². The van der Waals surface area contributed by atoms with Crippen molar-refractivity contribution in [2.75, 3.05) is 25.0 Å². The molecular weight excluding hydrogens is 357 g/mol. The number of anilines is 1. The van der Waals surface area contributed by atoms with Crippen LogP contribution >= 0.6 is 0 Å². The van der Waals surface area contributed by atoms with Crippen LogP contribution in [-0.4, -0.2) is 36.3 Å². The zero-order valence-electron chi connectivity index (χ0n) is 16.0. The molecule has 5 nitrogen and oxygen atoms in total. The number of likely N-dealkylation sites (tertiary alicyclic amines) is 1. The number of carbonyl (C=O) groups excluding carboxylic acids is 2. The van der Waals surface area contributed by atoms with Crippen LogP contribution in [0.15, 0.2) is 54.6 Å². The number of para-hydroxylation sites is 1. The molecule has 1 aliphatic rings. The molecule has 2 aromatic carbocycles. The standard InChI is InChI=1S/C22H26FN3O2/c1-16(17-7-9-19(23)10-8-17)24-21(27)15-26-13-11-18(12-14-26)22(28)25-20-5-3-2-4-6-20/h2-10,16,18H,11-15H2,1H3,(H,24,27)(H,25,28)/t16-/m0/s1. The van der Waals surface area contributed by atoms with E-state index >= 15 is 0 Å². The van der Waals surface area contributed by atoms with Crippen LogP contribution in [0.5, 0.6) is 0 Å². The normalized spacial score (nSPS) is 16.4. The number of carbonyl (C=O) groups is 2. The van der Waals surface area contributed by atoms with Crippen LogP contribution in [0, 0.1) is 11.7 Å². The molecule has 28 heavy (non-hydrogen) atoms. The van der Waals surface area contributed by atoms with Crippen molar-refractivity contribution >= 4 is 17.5 Å². The predicted octanol–water partition coefficient (Wildman–Crippen LogP) is 3.35. The number of nitrogens with zero attached hydrogens (tertiary/aromatic N) is 1. The number of rotatable bonds is 6. The third-order valence-electron chi connectivity index (χ3n) is 5.11. The summed E-state index contributed by atoms with van der Waals surface area (Å²) >= 11 is 0. The van der Waals surface area contributed by atoms with E-state index in [9.17, 15) is 14.0 Å². The van der Waals surface area contributed by atoms with Crippen LogP contribution in [0.3, 0.4) is 0 Å². The van der Waals surface area contributed by atoms with Crippen LogP contribution in [0.1, 0.15) is 31.4 Å². The van der Waals surface area contributed by atoms with Crippen molar-refractivity contribution < 1.29 is 14.0 Å². The third kappa shape index (κ3) is 5.63. The number of halogens is 1. The van der Waals surface area contributed by atoms with Crippen molar-refractivity contribution in [2.24, 2.45) is 5.92 Å². The van der Waals surface area contributed by atoms with E-state index in [1.54, 1.807) is 12.1 Å². The summed E-state index contributed by atoms with van der Waals surface area (Å²) in [7, 11) is 0. The quantitative estimate of drug-likeness (QED) is 0.804. The van der Waals surface area contributed by atoms with Gasteiger partial charge in [-0.1, -0.05) is 30.3 Å². The van der Waals surface area contributed by atoms with Gasteiger partial charge in [0.2, 0.25) is 11.8 Å². The first-order valence-corrected chi connectivity index (χ1v) is 9.64. The van der Waals surface area contributed by atoms with Crippen molar-refractivity contribution in [3.05, 3.63) is 66.0 Å². The van der Waals surface area contributed by atoms with E-state index in [0.29, 0.717) is 19.6 Å². The number of nitrogens with one attached hydrogen (secondary N) is 2. The fraction of sp³-hybridized carbons (Fsp3) is 0.364. The van der Waals surface area contributed by atoms with Crippen LogP contribution in [-0.2, 0) is 9.59 Å². The molecule has 1 heterocycles. The van der Waals surface area contributed by atoms with Gasteiger partial charge in [0.25, 0.3) is 0 Å². The lowest BCUT2D eigenvalue weighted by molar-refractivity contribution is -0.124. The topological polar surface area (TPSA) is 61.4 Å². The Morgan fingerprint density at radius 3 is 2.36 bits per heavy atom. The number of piperidine rings is 1. The molecule has 1 saturated heterocycles. The van der Waals surface area contributed by atoms with Gasteiger partial charge in [-0.3, -0.25) is 14.5 Å². The smallest absolute Gasteiger partial charge is 0.234 e. The van der Waals surface area contributed by atoms with Crippen molar-refractivity contribution in [1.82, 2.24) is 10.2 Å². The van der Waals surface area contributed by atoms with E-state index in [4.69, 9.17) is 0 Å². The largest absolute Gasteiger partial charge is 0.348 e. The van der Waals surface area contributed by atoms with E-state index in [0.717, 1.165) is 24.1 Å². The summed E-state index contributed by atoms with van der Waals surface area (Å²) in [5, 5.41) is 5.90. The molecule has 0 aliphatic carbocycles. The summed E-state index contributed by atoms with van der Waals surface area (Å²) in [4.78, 5) is 26.8. The van der Waals surface area contributed by atoms with Crippen molar-refractivity contribution in [1.29, 1.82) is 0 Å². The Morgan fingerprint density at radius 2 is 1.71 bits per heavy atom. The van der Waals surface area contributed by atoms with Crippen LogP contribution < -0.4 is 10.6 Å². The van der Waals surface area contributed by atoms with Gasteiger partial charge >= 0.3 is 0 Å². The molecule has 0 spiro atoms. The molecule has 148 valence electrons. The Balaban J connectivity index is 1.41. The first-order valence-electron chi connectivity index (χ1n) is 9.64. The molecule has 2 N–H and O–H groups in total. The first kappa shape index (κ1) is 20.0. The second-order valence-electron chi connectivity index (χ2n) is 7.25. The van der Waals surface area contributed by atoms with E-state index in [1.807, 2.05) is 37.3 Å². The van der Waals surface area contributed by atoms with E-state index in [1.165, 1.54) is 12.1 Å². The molecular formula is C22H26FN3O2. The first-order chi connectivity index (χ1) is 13.5. The molecule has 0 radical (unpaired) electrons. The van der Waals surface area contributed by atoms with Gasteiger partial charge < -0.3 is 10.6 Å². The Morgan fingerprint density at radius 1 is 1.07 bits per heavy atom. The highest BCUT2D eigenvalue weighted by atomic mass is 19.1. The Bertz CT molecular complexity index is 787. The highest BCUT2D eigenvalue weighted by Crippen LogP contribution is 2.19. The molecule has 0 aromatic heterocycles. The molecule has 2 amide bonds. The zero-order chi connectivity index (χ0) is 19.9. The fourth-order valence-electron chi connectivity index (χ4n) is 3.44. The molecule has 1 atom stereocenters. The Labute approximate surface area is 164 Å². The second-order valence-corrected chi connectivity index (χ2v) is 7.25. The summed E-state index contributed by atoms with van der Waals surface area (Å²) in [6.07, 6.45) is 1.47. The maximum absolute atomic E-state index is 13.0. The SMILES string of the molecule is C[C@H](NC(=O)CN1CCC(C(=O)Nc2ccccc2)CC1)c1ccc(F)cc1. The molecule has 2 aromatic rings. The minimum atomic E-state index is -0.290. The number of benzene rings is 2. The van der Waals surface area contributed by atoms with Gasteiger partial charge in [-0.25, -0.2) is 4.39 Å². The van der Waals surface area contributed by atoms with Crippen LogP contribution in [0.25, 0.3) is 0 Å². The van der Waals surface area contributed by atoms with Crippen molar-refractivity contribution in [3.63, 3.8) is 0 Å². The van der Waals surface area contributed by atoms with Gasteiger partial charge in [-0.15, -0.1) is 0 Å². The van der Waals surface area contributed by atoms with Gasteiger partial charge in [0, 0.05) is 11.6 Å². The molecule has 1 fully saturated rings. The molecule has 3 rings (SSSR count). The summed E-state index contributed by atoms with van der Waals surface area (Å²) in [6, 6.07) is 15.4. The second kappa shape index (κ2) is 9.46. The number of hydrogen-bond donors (Lipinski definition) is 2. The van der Waals surface area contributed by atoms with Gasteiger partial charge in [0.15, 0.2) is 0 Å². The van der Waals surface area contributed by atoms with Crippen LogP contribution in [0.4, 0.5) is 10.1 Å². The van der Waals surface area contributed by atoms with Gasteiger partial charge in [0.1, 0.15) is 5.82 Å². The minimum absolute atomic E-state index is 0.0299. The Kier molecular flexibility index (Phi) is 6.76. The van der Waals surface area contributed by atoms with Gasteiger partial charge in [-0.2, -0.15) is 0 Å². The number of hydrogen-bond acceptors (Lipinski definition) is 3. The van der Waals surface area contributed by atoms with Crippen LogP contribution in [0.2, 0.25) is 0 Å².